The summed E-state index contributed by atoms with van der Waals surface area (Å²) in [6.07, 6.45) is -7.98. The van der Waals surface area contributed by atoms with E-state index in [9.17, 15) is 30.7 Å². The van der Waals surface area contributed by atoms with E-state index in [1.807, 2.05) is 0 Å². The van der Waals surface area contributed by atoms with Gasteiger partial charge in [-0.05, 0) is 59.2 Å². The van der Waals surface area contributed by atoms with Gasteiger partial charge in [-0.3, -0.25) is 10.3 Å². The van der Waals surface area contributed by atoms with E-state index >= 15 is 0 Å². The molecule has 2 nitrogen and oxygen atoms in total. The average molecular weight is 553 g/mol. The molecule has 0 radical (unpaired) electrons. The average Bonchev–Trinajstić information content (AvgIpc) is 2.86. The van der Waals surface area contributed by atoms with Crippen molar-refractivity contribution in [2.45, 2.75) is 30.9 Å². The summed E-state index contributed by atoms with van der Waals surface area (Å²) in [5, 5.41) is 3.47. The molecule has 0 saturated carbocycles. The minimum absolute atomic E-state index is 0.0455. The summed E-state index contributed by atoms with van der Waals surface area (Å²) in [7, 11) is 0. The lowest BCUT2D eigenvalue weighted by atomic mass is 9.79. The molecule has 0 bridgehead atoms. The highest BCUT2D eigenvalue weighted by atomic mass is 35.5. The monoisotopic (exact) mass is 552 g/mol. The molecule has 38 heavy (non-hydrogen) atoms. The lowest BCUT2D eigenvalue weighted by Crippen LogP contribution is -2.46. The molecule has 0 aliphatic rings. The molecule has 4 rings (SSSR count). The van der Waals surface area contributed by atoms with E-state index in [0.717, 1.165) is 24.3 Å². The van der Waals surface area contributed by atoms with Crippen LogP contribution in [0.15, 0.2) is 91.1 Å². The third-order valence-electron chi connectivity index (χ3n) is 6.07. The van der Waals surface area contributed by atoms with Crippen molar-refractivity contribution < 1.29 is 30.7 Å². The summed E-state index contributed by atoms with van der Waals surface area (Å²) in [6.45, 7) is -0.0624. The fourth-order valence-electron chi connectivity index (χ4n) is 4.19. The summed E-state index contributed by atoms with van der Waals surface area (Å²) < 4.78 is 94.8. The third-order valence-corrected chi connectivity index (χ3v) is 6.29. The second-order valence-corrected chi connectivity index (χ2v) is 9.14. The molecule has 10 heteroatoms. The number of alkyl halides is 6. The maximum absolute atomic E-state index is 14.7. The van der Waals surface area contributed by atoms with Crippen LogP contribution < -0.4 is 5.32 Å². The van der Waals surface area contributed by atoms with Gasteiger partial charge in [0.05, 0.1) is 27.4 Å². The molecule has 1 atom stereocenters. The molecule has 3 aromatic carbocycles. The number of nitrogens with zero attached hydrogens (tertiary/aromatic N) is 1. The van der Waals surface area contributed by atoms with Crippen LogP contribution in [0.3, 0.4) is 0 Å². The van der Waals surface area contributed by atoms with Crippen molar-refractivity contribution in [3.63, 3.8) is 0 Å². The smallest absolute Gasteiger partial charge is 0.298 e. The van der Waals surface area contributed by atoms with Crippen LogP contribution in [0, 0.1) is 5.82 Å². The van der Waals surface area contributed by atoms with E-state index in [2.05, 4.69) is 10.3 Å². The minimum Gasteiger partial charge on any atom is -0.298 e. The quantitative estimate of drug-likeness (QED) is 0.234. The molecule has 0 fully saturated rings. The number of hydrogen-bond donors (Lipinski definition) is 1. The zero-order chi connectivity index (χ0) is 27.6. The number of halogens is 8. The lowest BCUT2D eigenvalue weighted by Gasteiger charge is -2.36. The van der Waals surface area contributed by atoms with Gasteiger partial charge in [0, 0.05) is 19.2 Å². The van der Waals surface area contributed by atoms with Crippen LogP contribution in [-0.2, 0) is 30.9 Å². The third kappa shape index (κ3) is 6.34. The molecule has 0 spiro atoms. The largest absolute Gasteiger partial charge is 0.416 e. The first-order chi connectivity index (χ1) is 17.9. The molecule has 0 amide bonds. The fourth-order valence-corrected chi connectivity index (χ4v) is 4.30. The van der Waals surface area contributed by atoms with Crippen LogP contribution >= 0.6 is 11.6 Å². The van der Waals surface area contributed by atoms with Crippen LogP contribution in [0.4, 0.5) is 30.7 Å². The predicted molar refractivity (Wildman–Crippen MR) is 130 cm³/mol. The maximum atomic E-state index is 14.7. The number of rotatable bonds is 7. The summed E-state index contributed by atoms with van der Waals surface area (Å²) in [5.41, 5.74) is -2.23. The Kier molecular flexibility index (Phi) is 7.80. The number of benzene rings is 3. The Morgan fingerprint density at radius 1 is 0.684 bits per heavy atom. The lowest BCUT2D eigenvalue weighted by molar-refractivity contribution is -0.138. The van der Waals surface area contributed by atoms with Gasteiger partial charge in [-0.1, -0.05) is 54.1 Å². The van der Waals surface area contributed by atoms with Crippen LogP contribution in [0.5, 0.6) is 0 Å². The van der Waals surface area contributed by atoms with E-state index in [1.54, 1.807) is 30.3 Å². The van der Waals surface area contributed by atoms with Crippen LogP contribution in [-0.4, -0.2) is 4.98 Å². The van der Waals surface area contributed by atoms with E-state index in [1.165, 1.54) is 30.5 Å². The van der Waals surface area contributed by atoms with Gasteiger partial charge in [0.1, 0.15) is 5.82 Å². The Hall–Kier alpha value is -3.43. The first-order valence-electron chi connectivity index (χ1n) is 11.3. The van der Waals surface area contributed by atoms with Crippen molar-refractivity contribution in [2.75, 3.05) is 0 Å². The van der Waals surface area contributed by atoms with Gasteiger partial charge in [0.25, 0.3) is 0 Å². The number of aromatic nitrogens is 1. The standard InChI is InChI=1S/C28H20ClF7N2/c29-23-10-11-25(37-17-23)26(15-18-4-2-1-3-5-18,21-12-22(28(34,35)36)14-24(30)13-21)38-16-19-6-8-20(9-7-19)27(31,32)33/h1-14,17,38H,15-16H2. The van der Waals surface area contributed by atoms with Crippen molar-refractivity contribution in [3.8, 4) is 0 Å². The van der Waals surface area contributed by atoms with Crippen molar-refractivity contribution >= 4 is 11.6 Å². The first-order valence-corrected chi connectivity index (χ1v) is 11.7. The zero-order valence-electron chi connectivity index (χ0n) is 19.5. The zero-order valence-corrected chi connectivity index (χ0v) is 20.3. The number of pyridine rings is 1. The summed E-state index contributed by atoms with van der Waals surface area (Å²) in [5.74, 6) is -1.10. The molecular weight excluding hydrogens is 533 g/mol. The van der Waals surface area contributed by atoms with E-state index < -0.39 is 34.8 Å². The van der Waals surface area contributed by atoms with Crippen molar-refractivity contribution in [1.29, 1.82) is 0 Å². The molecule has 0 aliphatic carbocycles. The SMILES string of the molecule is Fc1cc(C(F)(F)F)cc(C(Cc2ccccc2)(NCc2ccc(C(F)(F)F)cc2)c2ccc(Cl)cn2)c1. The van der Waals surface area contributed by atoms with Gasteiger partial charge in [-0.15, -0.1) is 0 Å². The molecule has 1 unspecified atom stereocenters. The van der Waals surface area contributed by atoms with Crippen molar-refractivity contribution in [1.82, 2.24) is 10.3 Å². The molecule has 1 heterocycles. The Morgan fingerprint density at radius 2 is 1.32 bits per heavy atom. The summed E-state index contributed by atoms with van der Waals surface area (Å²) >= 11 is 6.02. The fraction of sp³-hybridized carbons (Fsp3) is 0.179. The Morgan fingerprint density at radius 3 is 1.89 bits per heavy atom. The summed E-state index contributed by atoms with van der Waals surface area (Å²) in [6, 6.07) is 18.4. The second-order valence-electron chi connectivity index (χ2n) is 8.70. The van der Waals surface area contributed by atoms with Crippen LogP contribution in [0.1, 0.15) is 33.5 Å². The van der Waals surface area contributed by atoms with Crippen molar-refractivity contribution in [3.05, 3.63) is 135 Å². The van der Waals surface area contributed by atoms with E-state index in [-0.39, 0.29) is 29.2 Å². The Labute approximate surface area is 219 Å². The molecule has 4 aromatic rings. The van der Waals surface area contributed by atoms with Gasteiger partial charge >= 0.3 is 12.4 Å². The Bertz CT molecular complexity index is 1370. The van der Waals surface area contributed by atoms with Gasteiger partial charge in [-0.2, -0.15) is 26.3 Å². The van der Waals surface area contributed by atoms with E-state index in [0.29, 0.717) is 17.2 Å². The maximum Gasteiger partial charge on any atom is 0.416 e. The number of hydrogen-bond acceptors (Lipinski definition) is 2. The molecular formula is C28H20ClF7N2. The number of nitrogens with one attached hydrogen (secondary N) is 1. The van der Waals surface area contributed by atoms with E-state index in [4.69, 9.17) is 11.6 Å². The van der Waals surface area contributed by atoms with Gasteiger partial charge < -0.3 is 0 Å². The topological polar surface area (TPSA) is 24.9 Å². The predicted octanol–water partition coefficient (Wildman–Crippen LogP) is 8.19. The highest BCUT2D eigenvalue weighted by molar-refractivity contribution is 6.30. The molecule has 0 aliphatic heterocycles. The van der Waals surface area contributed by atoms with Gasteiger partial charge in [0.15, 0.2) is 0 Å². The highest BCUT2D eigenvalue weighted by Crippen LogP contribution is 2.38. The molecule has 1 N–H and O–H groups in total. The molecule has 1 aromatic heterocycles. The first kappa shape index (κ1) is 27.6. The molecule has 0 saturated heterocycles. The molecule has 198 valence electrons. The van der Waals surface area contributed by atoms with Gasteiger partial charge in [-0.25, -0.2) is 4.39 Å². The Balaban J connectivity index is 1.87. The van der Waals surface area contributed by atoms with Crippen molar-refractivity contribution in [2.24, 2.45) is 0 Å². The van der Waals surface area contributed by atoms with Crippen LogP contribution in [0.25, 0.3) is 0 Å². The summed E-state index contributed by atoms with van der Waals surface area (Å²) in [4.78, 5) is 4.36. The normalized spacial score (nSPS) is 13.8. The minimum atomic E-state index is -4.82. The van der Waals surface area contributed by atoms with Crippen LogP contribution in [0.2, 0.25) is 5.02 Å². The van der Waals surface area contributed by atoms with Gasteiger partial charge in [0.2, 0.25) is 0 Å². The second kappa shape index (κ2) is 10.7. The highest BCUT2D eigenvalue weighted by Gasteiger charge is 2.39.